The van der Waals surface area contributed by atoms with Crippen LogP contribution >= 0.6 is 15.9 Å². The molecule has 2 aliphatic rings. The van der Waals surface area contributed by atoms with Crippen molar-refractivity contribution in [1.82, 2.24) is 5.32 Å². The van der Waals surface area contributed by atoms with Crippen LogP contribution in [0.5, 0.6) is 5.75 Å². The summed E-state index contributed by atoms with van der Waals surface area (Å²) in [4.78, 5) is 12.6. The van der Waals surface area contributed by atoms with E-state index in [9.17, 15) is 13.6 Å². The molecule has 4 rings (SSSR count). The maximum absolute atomic E-state index is 13.4. The number of carbonyl (C=O) groups excluding carboxylic acids is 1. The molecule has 3 atom stereocenters. The minimum absolute atomic E-state index is 0.0445. The number of hydrogen-bond donors (Lipinski definition) is 1. The molecule has 3 unspecified atom stereocenters. The van der Waals surface area contributed by atoms with Crippen LogP contribution < -0.4 is 10.1 Å². The molecule has 2 aromatic carbocycles. The zero-order valence-electron chi connectivity index (χ0n) is 13.3. The van der Waals surface area contributed by atoms with Crippen molar-refractivity contribution in [3.05, 3.63) is 63.6 Å². The second kappa shape index (κ2) is 6.41. The van der Waals surface area contributed by atoms with Crippen molar-refractivity contribution in [3.8, 4) is 5.75 Å². The Labute approximate surface area is 152 Å². The molecule has 0 spiro atoms. The molecule has 25 heavy (non-hydrogen) atoms. The van der Waals surface area contributed by atoms with Crippen LogP contribution in [0.15, 0.2) is 40.9 Å². The van der Waals surface area contributed by atoms with Gasteiger partial charge in [-0.15, -0.1) is 0 Å². The quantitative estimate of drug-likeness (QED) is 0.814. The molecule has 1 heterocycles. The largest absolute Gasteiger partial charge is 0.493 e. The van der Waals surface area contributed by atoms with Gasteiger partial charge in [0.25, 0.3) is 0 Å². The molecular formula is C19H16BrF2NO2. The molecular weight excluding hydrogens is 392 g/mol. The summed E-state index contributed by atoms with van der Waals surface area (Å²) in [5.41, 5.74) is 1.63. The zero-order valence-corrected chi connectivity index (χ0v) is 14.9. The Bertz CT molecular complexity index is 842. The van der Waals surface area contributed by atoms with E-state index in [-0.39, 0.29) is 23.8 Å². The number of benzene rings is 2. The van der Waals surface area contributed by atoms with E-state index in [1.54, 1.807) is 6.07 Å². The number of halogens is 3. The minimum Gasteiger partial charge on any atom is -0.493 e. The Morgan fingerprint density at radius 1 is 1.16 bits per heavy atom. The first-order valence-electron chi connectivity index (χ1n) is 8.20. The van der Waals surface area contributed by atoms with Crippen molar-refractivity contribution in [1.29, 1.82) is 0 Å². The summed E-state index contributed by atoms with van der Waals surface area (Å²) in [6.45, 7) is 0.552. The first kappa shape index (κ1) is 16.5. The molecule has 1 aliphatic heterocycles. The summed E-state index contributed by atoms with van der Waals surface area (Å²) in [6, 6.07) is 9.51. The fraction of sp³-hybridized carbons (Fsp3) is 0.316. The van der Waals surface area contributed by atoms with Gasteiger partial charge in [0.15, 0.2) is 11.6 Å². The molecule has 130 valence electrons. The van der Waals surface area contributed by atoms with E-state index >= 15 is 0 Å². The summed E-state index contributed by atoms with van der Waals surface area (Å²) >= 11 is 3.44. The van der Waals surface area contributed by atoms with Crippen molar-refractivity contribution >= 4 is 21.8 Å². The number of hydrogen-bond acceptors (Lipinski definition) is 2. The van der Waals surface area contributed by atoms with Gasteiger partial charge in [0, 0.05) is 22.4 Å². The van der Waals surface area contributed by atoms with Crippen LogP contribution in [0.3, 0.4) is 0 Å². The van der Waals surface area contributed by atoms with E-state index in [4.69, 9.17) is 4.74 Å². The molecule has 0 radical (unpaired) electrons. The van der Waals surface area contributed by atoms with E-state index in [1.165, 1.54) is 6.07 Å². The number of carbonyl (C=O) groups is 1. The number of amides is 1. The Morgan fingerprint density at radius 2 is 2.00 bits per heavy atom. The van der Waals surface area contributed by atoms with Gasteiger partial charge in [0.05, 0.1) is 12.6 Å². The molecule has 0 aromatic heterocycles. The lowest BCUT2D eigenvalue weighted by Crippen LogP contribution is -2.33. The Morgan fingerprint density at radius 3 is 2.80 bits per heavy atom. The van der Waals surface area contributed by atoms with Gasteiger partial charge in [-0.1, -0.05) is 22.0 Å². The van der Waals surface area contributed by atoms with E-state index in [0.29, 0.717) is 25.0 Å². The van der Waals surface area contributed by atoms with Crippen molar-refractivity contribution in [2.75, 3.05) is 6.61 Å². The smallest absolute Gasteiger partial charge is 0.224 e. The Hall–Kier alpha value is -1.95. The lowest BCUT2D eigenvalue weighted by Gasteiger charge is -2.27. The van der Waals surface area contributed by atoms with Crippen LogP contribution in [0.1, 0.15) is 35.9 Å². The van der Waals surface area contributed by atoms with Gasteiger partial charge < -0.3 is 10.1 Å². The molecule has 1 amide bonds. The first-order chi connectivity index (χ1) is 12.0. The van der Waals surface area contributed by atoms with Gasteiger partial charge in [-0.2, -0.15) is 0 Å². The van der Waals surface area contributed by atoms with Crippen molar-refractivity contribution in [3.63, 3.8) is 0 Å². The van der Waals surface area contributed by atoms with Crippen molar-refractivity contribution in [2.24, 2.45) is 5.92 Å². The van der Waals surface area contributed by atoms with Gasteiger partial charge >= 0.3 is 0 Å². The van der Waals surface area contributed by atoms with Crippen LogP contribution in [0.25, 0.3) is 0 Å². The van der Waals surface area contributed by atoms with Crippen molar-refractivity contribution < 1.29 is 18.3 Å². The predicted octanol–water partition coefficient (Wildman–Crippen LogP) is 4.47. The first-order valence-corrected chi connectivity index (χ1v) is 9.00. The highest BCUT2D eigenvalue weighted by molar-refractivity contribution is 9.10. The fourth-order valence-electron chi connectivity index (χ4n) is 3.39. The highest BCUT2D eigenvalue weighted by Crippen LogP contribution is 2.48. The second-order valence-corrected chi connectivity index (χ2v) is 7.42. The topological polar surface area (TPSA) is 38.3 Å². The Kier molecular flexibility index (Phi) is 4.23. The summed E-state index contributed by atoms with van der Waals surface area (Å²) in [5, 5.41) is 3.08. The lowest BCUT2D eigenvalue weighted by atomic mass is 10.00. The van der Waals surface area contributed by atoms with Gasteiger partial charge in [-0.25, -0.2) is 8.78 Å². The molecule has 1 N–H and O–H groups in total. The van der Waals surface area contributed by atoms with Crippen molar-refractivity contribution in [2.45, 2.75) is 24.8 Å². The molecule has 3 nitrogen and oxygen atoms in total. The molecule has 2 aromatic rings. The van der Waals surface area contributed by atoms with E-state index in [2.05, 4.69) is 21.2 Å². The highest BCUT2D eigenvalue weighted by atomic mass is 79.9. The van der Waals surface area contributed by atoms with E-state index < -0.39 is 11.6 Å². The number of fused-ring (bicyclic) bond motifs is 1. The van der Waals surface area contributed by atoms with E-state index in [0.717, 1.165) is 21.9 Å². The van der Waals surface area contributed by atoms with Crippen LogP contribution in [-0.4, -0.2) is 12.5 Å². The number of nitrogens with one attached hydrogen (secondary N) is 1. The fourth-order valence-corrected chi connectivity index (χ4v) is 3.77. The summed E-state index contributed by atoms with van der Waals surface area (Å²) in [7, 11) is 0. The Balaban J connectivity index is 1.46. The molecule has 6 heteroatoms. The van der Waals surface area contributed by atoms with Crippen LogP contribution in [0.4, 0.5) is 8.78 Å². The standard InChI is InChI=1S/C19H16BrF2NO2/c20-11-2-4-18-14(8-11)17(5-6-25-18)23-19(24)13-9-12(13)10-1-3-15(21)16(22)7-10/h1-4,7-8,12-13,17H,5-6,9H2,(H,23,24). The summed E-state index contributed by atoms with van der Waals surface area (Å²) in [5.74, 6) is -1.23. The lowest BCUT2D eigenvalue weighted by molar-refractivity contribution is -0.123. The number of rotatable bonds is 3. The SMILES string of the molecule is O=C(NC1CCOc2ccc(Br)cc21)C1CC1c1ccc(F)c(F)c1. The average molecular weight is 408 g/mol. The van der Waals surface area contributed by atoms with Crippen LogP contribution in [-0.2, 0) is 4.79 Å². The monoisotopic (exact) mass is 407 g/mol. The molecule has 1 fully saturated rings. The minimum atomic E-state index is -0.869. The van der Waals surface area contributed by atoms with Crippen LogP contribution in [0, 0.1) is 17.6 Å². The summed E-state index contributed by atoms with van der Waals surface area (Å²) in [6.07, 6.45) is 1.36. The van der Waals surface area contributed by atoms with Gasteiger partial charge in [0.1, 0.15) is 5.75 Å². The molecule has 0 saturated heterocycles. The van der Waals surface area contributed by atoms with E-state index in [1.807, 2.05) is 18.2 Å². The van der Waals surface area contributed by atoms with Gasteiger partial charge in [-0.05, 0) is 48.2 Å². The third kappa shape index (κ3) is 3.27. The second-order valence-electron chi connectivity index (χ2n) is 6.50. The maximum atomic E-state index is 13.4. The zero-order chi connectivity index (χ0) is 17.6. The summed E-state index contributed by atoms with van der Waals surface area (Å²) < 4.78 is 33.0. The maximum Gasteiger partial charge on any atom is 0.224 e. The third-order valence-electron chi connectivity index (χ3n) is 4.83. The predicted molar refractivity (Wildman–Crippen MR) is 92.3 cm³/mol. The van der Waals surface area contributed by atoms with Gasteiger partial charge in [0.2, 0.25) is 5.91 Å². The third-order valence-corrected chi connectivity index (χ3v) is 5.32. The normalized spacial score (nSPS) is 24.2. The van der Waals surface area contributed by atoms with Crippen LogP contribution in [0.2, 0.25) is 0 Å². The highest BCUT2D eigenvalue weighted by Gasteiger charge is 2.45. The number of ether oxygens (including phenoxy) is 1. The average Bonchev–Trinajstić information content (AvgIpc) is 3.39. The van der Waals surface area contributed by atoms with Gasteiger partial charge in [-0.3, -0.25) is 4.79 Å². The molecule has 1 saturated carbocycles. The molecule has 0 bridgehead atoms. The molecule has 1 aliphatic carbocycles.